The predicted octanol–water partition coefficient (Wildman–Crippen LogP) is 2.89. The van der Waals surface area contributed by atoms with Crippen molar-refractivity contribution in [1.29, 1.82) is 0 Å². The number of hydrogen-bond donors (Lipinski definition) is 2. The highest BCUT2D eigenvalue weighted by Crippen LogP contribution is 2.28. The number of hydrogen-bond acceptors (Lipinski definition) is 4. The lowest BCUT2D eigenvalue weighted by atomic mass is 10.1. The maximum absolute atomic E-state index is 13.4. The van der Waals surface area contributed by atoms with Crippen LogP contribution in [0.2, 0.25) is 5.02 Å². The molecular weight excluding hydrogens is 276 g/mol. The van der Waals surface area contributed by atoms with Crippen LogP contribution in [0.25, 0.3) is 11.1 Å². The second-order valence-electron chi connectivity index (χ2n) is 4.53. The quantitative estimate of drug-likeness (QED) is 0.911. The van der Waals surface area contributed by atoms with E-state index in [-0.39, 0.29) is 19.0 Å². The van der Waals surface area contributed by atoms with Crippen molar-refractivity contribution in [2.45, 2.75) is 18.4 Å². The molecule has 1 atom stereocenters. The van der Waals surface area contributed by atoms with Crippen molar-refractivity contribution in [1.82, 2.24) is 10.3 Å². The summed E-state index contributed by atoms with van der Waals surface area (Å²) in [6, 6.07) is 4.37. The molecule has 1 fully saturated rings. The number of oxazole rings is 1. The molecule has 2 heterocycles. The lowest BCUT2D eigenvalue weighted by Crippen LogP contribution is -2.41. The standard InChI is InChI=1S/C12H12ClF2N3O/c13-7-1-2-9-8(5-7)18-11(19-9)17-6-10-12(14,15)3-4-16-10/h1-2,5,10,16H,3-4,6H2,(H,17,18). The lowest BCUT2D eigenvalue weighted by molar-refractivity contribution is -0.00699. The SMILES string of the molecule is FC1(F)CCNC1CNc1nc2cc(Cl)ccc2o1. The summed E-state index contributed by atoms with van der Waals surface area (Å²) in [6.45, 7) is 0.385. The molecule has 0 radical (unpaired) electrons. The molecule has 102 valence electrons. The van der Waals surface area contributed by atoms with E-state index in [4.69, 9.17) is 16.0 Å². The first kappa shape index (κ1) is 12.6. The molecule has 3 rings (SSSR count). The van der Waals surface area contributed by atoms with Gasteiger partial charge in [-0.1, -0.05) is 11.6 Å². The summed E-state index contributed by atoms with van der Waals surface area (Å²) in [6.07, 6.45) is -0.136. The average Bonchev–Trinajstić information content (AvgIpc) is 2.88. The molecule has 0 saturated carbocycles. The van der Waals surface area contributed by atoms with Gasteiger partial charge in [-0.15, -0.1) is 0 Å². The van der Waals surface area contributed by atoms with E-state index in [1.807, 2.05) is 0 Å². The Bertz CT molecular complexity index is 602. The van der Waals surface area contributed by atoms with Gasteiger partial charge in [0.05, 0.1) is 6.04 Å². The van der Waals surface area contributed by atoms with Crippen LogP contribution in [0.4, 0.5) is 14.8 Å². The zero-order valence-corrected chi connectivity index (χ0v) is 10.7. The van der Waals surface area contributed by atoms with Crippen LogP contribution in [0.5, 0.6) is 0 Å². The van der Waals surface area contributed by atoms with Crippen LogP contribution < -0.4 is 10.6 Å². The highest BCUT2D eigenvalue weighted by Gasteiger charge is 2.43. The molecule has 1 unspecified atom stereocenters. The molecule has 19 heavy (non-hydrogen) atoms. The predicted molar refractivity (Wildman–Crippen MR) is 68.9 cm³/mol. The van der Waals surface area contributed by atoms with Crippen LogP contribution in [0.1, 0.15) is 6.42 Å². The molecule has 7 heteroatoms. The van der Waals surface area contributed by atoms with E-state index >= 15 is 0 Å². The molecule has 2 aromatic rings. The van der Waals surface area contributed by atoms with Crippen molar-refractivity contribution in [3.63, 3.8) is 0 Å². The third-order valence-corrected chi connectivity index (χ3v) is 3.40. The average molecular weight is 288 g/mol. The number of rotatable bonds is 3. The minimum atomic E-state index is -2.69. The van der Waals surface area contributed by atoms with E-state index in [1.54, 1.807) is 18.2 Å². The van der Waals surface area contributed by atoms with Crippen molar-refractivity contribution >= 4 is 28.7 Å². The Balaban J connectivity index is 1.72. The lowest BCUT2D eigenvalue weighted by Gasteiger charge is -2.18. The first-order valence-electron chi connectivity index (χ1n) is 5.96. The molecule has 4 nitrogen and oxygen atoms in total. The number of halogens is 3. The summed E-state index contributed by atoms with van der Waals surface area (Å²) in [5.74, 6) is -2.69. The van der Waals surface area contributed by atoms with Crippen LogP contribution in [-0.2, 0) is 0 Å². The topological polar surface area (TPSA) is 50.1 Å². The van der Waals surface area contributed by atoms with E-state index in [0.717, 1.165) is 0 Å². The van der Waals surface area contributed by atoms with Crippen LogP contribution >= 0.6 is 11.6 Å². The van der Waals surface area contributed by atoms with Gasteiger partial charge in [0.15, 0.2) is 5.58 Å². The summed E-state index contributed by atoms with van der Waals surface area (Å²) in [7, 11) is 0. The molecule has 1 aromatic heterocycles. The number of anilines is 1. The van der Waals surface area contributed by atoms with Crippen LogP contribution in [-0.4, -0.2) is 30.0 Å². The van der Waals surface area contributed by atoms with Gasteiger partial charge in [-0.2, -0.15) is 4.98 Å². The number of nitrogens with zero attached hydrogens (tertiary/aromatic N) is 1. The zero-order valence-electron chi connectivity index (χ0n) is 9.92. The Morgan fingerprint density at radius 3 is 3.11 bits per heavy atom. The molecule has 1 aliphatic heterocycles. The largest absolute Gasteiger partial charge is 0.424 e. The van der Waals surface area contributed by atoms with Crippen molar-refractivity contribution < 1.29 is 13.2 Å². The Hall–Kier alpha value is -1.40. The first-order valence-corrected chi connectivity index (χ1v) is 6.33. The summed E-state index contributed by atoms with van der Waals surface area (Å²) in [4.78, 5) is 4.15. The molecule has 0 amide bonds. The van der Waals surface area contributed by atoms with Crippen molar-refractivity contribution in [2.24, 2.45) is 0 Å². The molecule has 0 aliphatic carbocycles. The molecule has 0 bridgehead atoms. The minimum absolute atomic E-state index is 0.0630. The number of benzene rings is 1. The molecule has 1 saturated heterocycles. The van der Waals surface area contributed by atoms with Gasteiger partial charge in [-0.25, -0.2) is 8.78 Å². The Labute approximate surface area is 113 Å². The summed E-state index contributed by atoms with van der Waals surface area (Å²) in [5, 5.41) is 6.10. The van der Waals surface area contributed by atoms with Crippen molar-refractivity contribution in [2.75, 3.05) is 18.4 Å². The van der Waals surface area contributed by atoms with E-state index < -0.39 is 12.0 Å². The van der Waals surface area contributed by atoms with Gasteiger partial charge in [0.1, 0.15) is 5.52 Å². The normalized spacial score (nSPS) is 21.9. The summed E-state index contributed by atoms with van der Waals surface area (Å²) in [5.41, 5.74) is 1.17. The monoisotopic (exact) mass is 287 g/mol. The highest BCUT2D eigenvalue weighted by atomic mass is 35.5. The fourth-order valence-electron chi connectivity index (χ4n) is 2.12. The Kier molecular flexibility index (Phi) is 3.06. The van der Waals surface area contributed by atoms with Gasteiger partial charge in [-0.3, -0.25) is 0 Å². The molecule has 1 aromatic carbocycles. The van der Waals surface area contributed by atoms with Gasteiger partial charge in [0.2, 0.25) is 0 Å². The van der Waals surface area contributed by atoms with Gasteiger partial charge < -0.3 is 15.1 Å². The van der Waals surface area contributed by atoms with E-state index in [2.05, 4.69) is 15.6 Å². The second-order valence-corrected chi connectivity index (χ2v) is 4.97. The number of alkyl halides is 2. The Morgan fingerprint density at radius 1 is 1.53 bits per heavy atom. The third-order valence-electron chi connectivity index (χ3n) is 3.17. The van der Waals surface area contributed by atoms with E-state index in [0.29, 0.717) is 22.7 Å². The fraction of sp³-hybridized carbons (Fsp3) is 0.417. The van der Waals surface area contributed by atoms with E-state index in [1.165, 1.54) is 0 Å². The van der Waals surface area contributed by atoms with Crippen LogP contribution in [0, 0.1) is 0 Å². The van der Waals surface area contributed by atoms with Crippen LogP contribution in [0.15, 0.2) is 22.6 Å². The highest BCUT2D eigenvalue weighted by molar-refractivity contribution is 6.31. The number of nitrogens with one attached hydrogen (secondary N) is 2. The molecule has 0 spiro atoms. The number of aromatic nitrogens is 1. The molecular formula is C12H12ClF2N3O. The number of fused-ring (bicyclic) bond motifs is 1. The first-order chi connectivity index (χ1) is 9.04. The van der Waals surface area contributed by atoms with Gasteiger partial charge >= 0.3 is 0 Å². The van der Waals surface area contributed by atoms with Gasteiger partial charge in [0.25, 0.3) is 11.9 Å². The summed E-state index contributed by atoms with van der Waals surface area (Å²) >= 11 is 5.83. The zero-order chi connectivity index (χ0) is 13.5. The molecule has 1 aliphatic rings. The van der Waals surface area contributed by atoms with E-state index in [9.17, 15) is 8.78 Å². The summed E-state index contributed by atoms with van der Waals surface area (Å²) < 4.78 is 32.2. The molecule has 2 N–H and O–H groups in total. The third kappa shape index (κ3) is 2.50. The van der Waals surface area contributed by atoms with Crippen molar-refractivity contribution in [3.8, 4) is 0 Å². The fourth-order valence-corrected chi connectivity index (χ4v) is 2.29. The Morgan fingerprint density at radius 2 is 2.37 bits per heavy atom. The van der Waals surface area contributed by atoms with Crippen molar-refractivity contribution in [3.05, 3.63) is 23.2 Å². The minimum Gasteiger partial charge on any atom is -0.424 e. The second kappa shape index (κ2) is 4.61. The smallest absolute Gasteiger partial charge is 0.295 e. The maximum Gasteiger partial charge on any atom is 0.295 e. The van der Waals surface area contributed by atoms with Crippen LogP contribution in [0.3, 0.4) is 0 Å². The maximum atomic E-state index is 13.4. The van der Waals surface area contributed by atoms with Gasteiger partial charge in [-0.05, 0) is 18.2 Å². The van der Waals surface area contributed by atoms with Gasteiger partial charge in [0, 0.05) is 24.5 Å².